The van der Waals surface area contributed by atoms with E-state index in [1.165, 1.54) is 0 Å². The molecule has 0 saturated carbocycles. The van der Waals surface area contributed by atoms with E-state index in [4.69, 9.17) is 9.47 Å². The summed E-state index contributed by atoms with van der Waals surface area (Å²) in [5, 5.41) is 3.27. The monoisotopic (exact) mass is 555 g/mol. The fraction of sp³-hybridized carbons (Fsp3) is 0.684. The predicted octanol–water partition coefficient (Wildman–Crippen LogP) is 1.42. The van der Waals surface area contributed by atoms with Gasteiger partial charge in [0.2, 0.25) is 10.0 Å². The van der Waals surface area contributed by atoms with Crippen LogP contribution in [0.1, 0.15) is 20.8 Å². The Morgan fingerprint density at radius 1 is 1.27 bits per heavy atom. The zero-order chi connectivity index (χ0) is 21.1. The lowest BCUT2D eigenvalue weighted by Crippen LogP contribution is -2.54. The van der Waals surface area contributed by atoms with Gasteiger partial charge >= 0.3 is 0 Å². The van der Waals surface area contributed by atoms with Gasteiger partial charge < -0.3 is 19.7 Å². The zero-order valence-corrected chi connectivity index (χ0v) is 21.1. The summed E-state index contributed by atoms with van der Waals surface area (Å²) in [5.41, 5.74) is 0. The largest absolute Gasteiger partial charge is 0.490 e. The highest BCUT2D eigenvalue weighted by Gasteiger charge is 2.27. The van der Waals surface area contributed by atoms with E-state index in [2.05, 4.69) is 20.2 Å². The molecule has 0 atom stereocenters. The molecule has 9 nitrogen and oxygen atoms in total. The molecule has 0 unspecified atom stereocenters. The fourth-order valence-electron chi connectivity index (χ4n) is 2.87. The van der Waals surface area contributed by atoms with Gasteiger partial charge in [-0.15, -0.1) is 24.0 Å². The Labute approximate surface area is 197 Å². The molecule has 0 spiro atoms. The van der Waals surface area contributed by atoms with E-state index in [9.17, 15) is 8.42 Å². The molecule has 1 aromatic rings. The zero-order valence-electron chi connectivity index (χ0n) is 18.0. The van der Waals surface area contributed by atoms with Gasteiger partial charge in [-0.1, -0.05) is 0 Å². The first-order valence-corrected chi connectivity index (χ1v) is 11.7. The van der Waals surface area contributed by atoms with Crippen molar-refractivity contribution < 1.29 is 17.9 Å². The number of nitrogens with zero attached hydrogens (tertiary/aromatic N) is 4. The van der Waals surface area contributed by atoms with Crippen LogP contribution < -0.4 is 10.1 Å². The number of aromatic nitrogens is 1. The van der Waals surface area contributed by atoms with Crippen molar-refractivity contribution in [3.63, 3.8) is 0 Å². The van der Waals surface area contributed by atoms with Gasteiger partial charge in [-0.05, 0) is 32.9 Å². The highest BCUT2D eigenvalue weighted by atomic mass is 127. The van der Waals surface area contributed by atoms with E-state index in [0.29, 0.717) is 45.1 Å². The van der Waals surface area contributed by atoms with Gasteiger partial charge in [0.15, 0.2) is 5.96 Å². The highest BCUT2D eigenvalue weighted by molar-refractivity contribution is 14.0. The fourth-order valence-corrected chi connectivity index (χ4v) is 4.15. The Morgan fingerprint density at radius 3 is 2.60 bits per heavy atom. The molecule has 0 bridgehead atoms. The minimum atomic E-state index is -3.30. The quantitative estimate of drug-likeness (QED) is 0.202. The number of sulfonamides is 1. The minimum Gasteiger partial charge on any atom is -0.490 e. The number of pyridine rings is 1. The Morgan fingerprint density at radius 2 is 2.00 bits per heavy atom. The van der Waals surface area contributed by atoms with Gasteiger partial charge in [0.25, 0.3) is 0 Å². The van der Waals surface area contributed by atoms with Crippen LogP contribution in [0.5, 0.6) is 5.75 Å². The van der Waals surface area contributed by atoms with Crippen molar-refractivity contribution in [2.45, 2.75) is 26.9 Å². The number of halogens is 1. The molecule has 1 fully saturated rings. The lowest BCUT2D eigenvalue weighted by atomic mass is 10.4. The van der Waals surface area contributed by atoms with Crippen LogP contribution in [0.3, 0.4) is 0 Å². The second-order valence-corrected chi connectivity index (χ2v) is 8.98. The third-order valence-corrected chi connectivity index (χ3v) is 6.15. The number of hydrogen-bond donors (Lipinski definition) is 1. The molecule has 1 aliphatic rings. The lowest BCUT2D eigenvalue weighted by molar-refractivity contribution is 0.0904. The van der Waals surface area contributed by atoms with Crippen LogP contribution in [-0.4, -0.2) is 92.9 Å². The Balaban J connectivity index is 0.00000450. The van der Waals surface area contributed by atoms with Gasteiger partial charge in [0.05, 0.1) is 31.2 Å². The molecule has 2 heterocycles. The summed E-state index contributed by atoms with van der Waals surface area (Å²) in [4.78, 5) is 10.7. The van der Waals surface area contributed by atoms with E-state index in [-0.39, 0.29) is 42.4 Å². The van der Waals surface area contributed by atoms with Crippen LogP contribution in [0.15, 0.2) is 29.5 Å². The van der Waals surface area contributed by atoms with Crippen LogP contribution in [0.4, 0.5) is 0 Å². The van der Waals surface area contributed by atoms with Crippen LogP contribution in [0.2, 0.25) is 0 Å². The Kier molecular flexibility index (Phi) is 12.5. The summed E-state index contributed by atoms with van der Waals surface area (Å²) in [6.07, 6.45) is 3.40. The second-order valence-electron chi connectivity index (χ2n) is 6.89. The van der Waals surface area contributed by atoms with Crippen molar-refractivity contribution in [1.82, 2.24) is 19.5 Å². The number of rotatable bonds is 10. The van der Waals surface area contributed by atoms with Crippen molar-refractivity contribution >= 4 is 40.0 Å². The maximum absolute atomic E-state index is 12.5. The molecule has 0 amide bonds. The lowest BCUT2D eigenvalue weighted by Gasteiger charge is -2.35. The van der Waals surface area contributed by atoms with E-state index in [1.807, 2.05) is 32.9 Å². The van der Waals surface area contributed by atoms with Crippen molar-refractivity contribution in [2.75, 3.05) is 58.2 Å². The molecule has 0 aliphatic carbocycles. The summed E-state index contributed by atoms with van der Waals surface area (Å²) >= 11 is 0. The number of ether oxygens (including phenoxy) is 2. The summed E-state index contributed by atoms with van der Waals surface area (Å²) in [5.74, 6) is 1.51. The first-order chi connectivity index (χ1) is 13.9. The normalized spacial score (nSPS) is 15.7. The SMILES string of the molecule is CCNC(=NCCOc1cccnc1)N1CCN(S(=O)(=O)CCOC(C)C)CC1.I. The number of aliphatic imine (C=N–C) groups is 1. The molecule has 11 heteroatoms. The van der Waals surface area contributed by atoms with Crippen molar-refractivity contribution in [3.8, 4) is 5.75 Å². The number of piperazine rings is 1. The average molecular weight is 555 g/mol. The predicted molar refractivity (Wildman–Crippen MR) is 129 cm³/mol. The van der Waals surface area contributed by atoms with Gasteiger partial charge in [-0.25, -0.2) is 13.4 Å². The topological polar surface area (TPSA) is 96.4 Å². The van der Waals surface area contributed by atoms with Crippen molar-refractivity contribution in [2.24, 2.45) is 4.99 Å². The van der Waals surface area contributed by atoms with Crippen molar-refractivity contribution in [3.05, 3.63) is 24.5 Å². The van der Waals surface area contributed by atoms with Gasteiger partial charge in [0.1, 0.15) is 12.4 Å². The number of guanidine groups is 1. The van der Waals surface area contributed by atoms with Crippen LogP contribution >= 0.6 is 24.0 Å². The van der Waals surface area contributed by atoms with Gasteiger partial charge in [-0.3, -0.25) is 4.98 Å². The third-order valence-electron chi connectivity index (χ3n) is 4.31. The molecule has 1 saturated heterocycles. The van der Waals surface area contributed by atoms with Crippen LogP contribution in [0.25, 0.3) is 0 Å². The van der Waals surface area contributed by atoms with E-state index in [1.54, 1.807) is 16.7 Å². The first kappa shape index (κ1) is 26.9. The Hall–Kier alpha value is -1.18. The molecular formula is C19H34IN5O4S. The molecule has 172 valence electrons. The maximum Gasteiger partial charge on any atom is 0.216 e. The Bertz CT molecular complexity index is 726. The number of hydrogen-bond acceptors (Lipinski definition) is 6. The standard InChI is InChI=1S/C19H33N5O4S.HI/c1-4-21-19(22-8-13-28-18-6-5-7-20-16-18)23-9-11-24(12-10-23)29(25,26)15-14-27-17(2)3;/h5-7,16-17H,4,8-15H2,1-3H3,(H,21,22);1H. The molecular weight excluding hydrogens is 521 g/mol. The summed E-state index contributed by atoms with van der Waals surface area (Å²) < 4.78 is 37.5. The molecule has 1 N–H and O–H groups in total. The van der Waals surface area contributed by atoms with Gasteiger partial charge in [0, 0.05) is 38.9 Å². The molecule has 2 rings (SSSR count). The van der Waals surface area contributed by atoms with E-state index in [0.717, 1.165) is 12.5 Å². The smallest absolute Gasteiger partial charge is 0.216 e. The van der Waals surface area contributed by atoms with Crippen LogP contribution in [-0.2, 0) is 14.8 Å². The average Bonchev–Trinajstić information content (AvgIpc) is 2.71. The number of nitrogens with one attached hydrogen (secondary N) is 1. The minimum absolute atomic E-state index is 0. The molecule has 1 aliphatic heterocycles. The summed E-state index contributed by atoms with van der Waals surface area (Å²) in [6, 6.07) is 3.68. The van der Waals surface area contributed by atoms with E-state index >= 15 is 0 Å². The third kappa shape index (κ3) is 9.31. The summed E-state index contributed by atoms with van der Waals surface area (Å²) in [7, 11) is -3.30. The van der Waals surface area contributed by atoms with Crippen LogP contribution in [0, 0.1) is 0 Å². The summed E-state index contributed by atoms with van der Waals surface area (Å²) in [6.45, 7) is 9.81. The van der Waals surface area contributed by atoms with Crippen molar-refractivity contribution in [1.29, 1.82) is 0 Å². The van der Waals surface area contributed by atoms with Gasteiger partial charge in [-0.2, -0.15) is 4.31 Å². The highest BCUT2D eigenvalue weighted by Crippen LogP contribution is 2.09. The van der Waals surface area contributed by atoms with E-state index < -0.39 is 10.0 Å². The second kappa shape index (κ2) is 14.0. The molecule has 0 aromatic carbocycles. The molecule has 0 radical (unpaired) electrons. The maximum atomic E-state index is 12.5. The first-order valence-electron chi connectivity index (χ1n) is 10.1. The molecule has 30 heavy (non-hydrogen) atoms. The molecule has 1 aromatic heterocycles.